The first-order valence-electron chi connectivity index (χ1n) is 6.73. The molecule has 3 heteroatoms. The van der Waals surface area contributed by atoms with Crippen molar-refractivity contribution in [2.45, 2.75) is 26.7 Å². The molecule has 0 aromatic heterocycles. The Morgan fingerprint density at radius 3 is 2.83 bits per heavy atom. The Bertz CT molecular complexity index is 442. The van der Waals surface area contributed by atoms with Gasteiger partial charge in [-0.1, -0.05) is 13.3 Å². The van der Waals surface area contributed by atoms with Crippen molar-refractivity contribution in [3.63, 3.8) is 0 Å². The Kier molecular flexibility index (Phi) is 3.90. The fraction of sp³-hybridized carbons (Fsp3) is 0.533. The Morgan fingerprint density at radius 1 is 1.50 bits per heavy atom. The SMILES string of the molecule is CCC1CCN(C(=O)c2ccc(NC)c(C)c2)C1. The molecule has 0 saturated carbocycles. The van der Waals surface area contributed by atoms with Crippen molar-refractivity contribution in [3.8, 4) is 0 Å². The number of hydrogen-bond acceptors (Lipinski definition) is 2. The predicted molar refractivity (Wildman–Crippen MR) is 75.0 cm³/mol. The van der Waals surface area contributed by atoms with Crippen molar-refractivity contribution in [2.75, 3.05) is 25.5 Å². The van der Waals surface area contributed by atoms with E-state index in [2.05, 4.69) is 12.2 Å². The van der Waals surface area contributed by atoms with E-state index in [9.17, 15) is 4.79 Å². The number of benzene rings is 1. The van der Waals surface area contributed by atoms with Gasteiger partial charge in [0.2, 0.25) is 0 Å². The molecule has 1 heterocycles. The van der Waals surface area contributed by atoms with Crippen LogP contribution < -0.4 is 5.32 Å². The van der Waals surface area contributed by atoms with Crippen molar-refractivity contribution < 1.29 is 4.79 Å². The lowest BCUT2D eigenvalue weighted by Crippen LogP contribution is -2.28. The van der Waals surface area contributed by atoms with Crippen LogP contribution in [0.1, 0.15) is 35.7 Å². The number of nitrogens with one attached hydrogen (secondary N) is 1. The zero-order valence-corrected chi connectivity index (χ0v) is 11.5. The summed E-state index contributed by atoms with van der Waals surface area (Å²) in [6.45, 7) is 6.05. The molecule has 98 valence electrons. The summed E-state index contributed by atoms with van der Waals surface area (Å²) < 4.78 is 0. The zero-order valence-electron chi connectivity index (χ0n) is 11.5. The molecule has 1 aliphatic heterocycles. The van der Waals surface area contributed by atoms with E-state index in [0.717, 1.165) is 36.3 Å². The average molecular weight is 246 g/mol. The van der Waals surface area contributed by atoms with E-state index < -0.39 is 0 Å². The first-order chi connectivity index (χ1) is 8.65. The van der Waals surface area contributed by atoms with E-state index in [4.69, 9.17) is 0 Å². The lowest BCUT2D eigenvalue weighted by Gasteiger charge is -2.17. The number of hydrogen-bond donors (Lipinski definition) is 1. The molecule has 1 aliphatic rings. The fourth-order valence-electron chi connectivity index (χ4n) is 2.61. The summed E-state index contributed by atoms with van der Waals surface area (Å²) in [4.78, 5) is 14.4. The molecule has 0 aliphatic carbocycles. The third kappa shape index (κ3) is 2.50. The summed E-state index contributed by atoms with van der Waals surface area (Å²) in [5.41, 5.74) is 3.01. The molecular weight excluding hydrogens is 224 g/mol. The van der Waals surface area contributed by atoms with Crippen LogP contribution in [-0.4, -0.2) is 30.9 Å². The standard InChI is InChI=1S/C15H22N2O/c1-4-12-7-8-17(10-12)15(18)13-5-6-14(16-3)11(2)9-13/h5-6,9,12,16H,4,7-8,10H2,1-3H3. The van der Waals surface area contributed by atoms with Crippen LogP contribution in [0.2, 0.25) is 0 Å². The van der Waals surface area contributed by atoms with E-state index in [0.29, 0.717) is 5.92 Å². The van der Waals surface area contributed by atoms with Gasteiger partial charge in [0.05, 0.1) is 0 Å². The quantitative estimate of drug-likeness (QED) is 0.889. The van der Waals surface area contributed by atoms with Gasteiger partial charge in [-0.2, -0.15) is 0 Å². The summed E-state index contributed by atoms with van der Waals surface area (Å²) in [6, 6.07) is 5.88. The number of carbonyl (C=O) groups excluding carboxylic acids is 1. The predicted octanol–water partition coefficient (Wildman–Crippen LogP) is 2.91. The van der Waals surface area contributed by atoms with E-state index in [1.165, 1.54) is 6.42 Å². The molecular formula is C15H22N2O. The highest BCUT2D eigenvalue weighted by Gasteiger charge is 2.25. The number of carbonyl (C=O) groups is 1. The van der Waals surface area contributed by atoms with E-state index in [-0.39, 0.29) is 5.91 Å². The highest BCUT2D eigenvalue weighted by Crippen LogP contribution is 2.22. The van der Waals surface area contributed by atoms with Crippen LogP contribution in [0.3, 0.4) is 0 Å². The maximum atomic E-state index is 12.4. The van der Waals surface area contributed by atoms with Gasteiger partial charge in [-0.25, -0.2) is 0 Å². The van der Waals surface area contributed by atoms with Gasteiger partial charge in [0.1, 0.15) is 0 Å². The zero-order chi connectivity index (χ0) is 13.1. The monoisotopic (exact) mass is 246 g/mol. The molecule has 18 heavy (non-hydrogen) atoms. The molecule has 0 spiro atoms. The maximum absolute atomic E-state index is 12.4. The van der Waals surface area contributed by atoms with Gasteiger partial charge in [0.25, 0.3) is 5.91 Å². The second kappa shape index (κ2) is 5.42. The summed E-state index contributed by atoms with van der Waals surface area (Å²) in [5, 5.41) is 3.12. The molecule has 0 radical (unpaired) electrons. The van der Waals surface area contributed by atoms with Crippen LogP contribution in [0.4, 0.5) is 5.69 Å². The van der Waals surface area contributed by atoms with Crippen LogP contribution >= 0.6 is 0 Å². The minimum atomic E-state index is 0.178. The van der Waals surface area contributed by atoms with Gasteiger partial charge in [0.15, 0.2) is 0 Å². The molecule has 1 atom stereocenters. The van der Waals surface area contributed by atoms with Crippen molar-refractivity contribution in [2.24, 2.45) is 5.92 Å². The molecule has 1 unspecified atom stereocenters. The first kappa shape index (κ1) is 12.9. The minimum Gasteiger partial charge on any atom is -0.388 e. The smallest absolute Gasteiger partial charge is 0.253 e. The normalized spacial score (nSPS) is 19.1. The number of rotatable bonds is 3. The largest absolute Gasteiger partial charge is 0.388 e. The molecule has 1 aromatic rings. The van der Waals surface area contributed by atoms with Gasteiger partial charge in [-0.3, -0.25) is 4.79 Å². The number of amides is 1. The Morgan fingerprint density at radius 2 is 2.28 bits per heavy atom. The number of nitrogens with zero attached hydrogens (tertiary/aromatic N) is 1. The van der Waals surface area contributed by atoms with Crippen molar-refractivity contribution in [3.05, 3.63) is 29.3 Å². The number of aryl methyl sites for hydroxylation is 1. The Labute approximate surface area is 109 Å². The second-order valence-electron chi connectivity index (χ2n) is 5.09. The van der Waals surface area contributed by atoms with E-state index in [1.807, 2.05) is 37.1 Å². The van der Waals surface area contributed by atoms with Crippen molar-refractivity contribution >= 4 is 11.6 Å². The summed E-state index contributed by atoms with van der Waals surface area (Å²) in [7, 11) is 1.90. The molecule has 1 N–H and O–H groups in total. The summed E-state index contributed by atoms with van der Waals surface area (Å²) in [5.74, 6) is 0.864. The van der Waals surface area contributed by atoms with Gasteiger partial charge < -0.3 is 10.2 Å². The Hall–Kier alpha value is -1.51. The highest BCUT2D eigenvalue weighted by atomic mass is 16.2. The summed E-state index contributed by atoms with van der Waals surface area (Å²) in [6.07, 6.45) is 2.32. The maximum Gasteiger partial charge on any atom is 0.253 e. The number of likely N-dealkylation sites (tertiary alicyclic amines) is 1. The van der Waals surface area contributed by atoms with Crippen LogP contribution in [0.15, 0.2) is 18.2 Å². The molecule has 1 aromatic carbocycles. The lowest BCUT2D eigenvalue weighted by atomic mass is 10.1. The first-order valence-corrected chi connectivity index (χ1v) is 6.73. The van der Waals surface area contributed by atoms with Crippen molar-refractivity contribution in [1.82, 2.24) is 4.90 Å². The summed E-state index contributed by atoms with van der Waals surface area (Å²) >= 11 is 0. The third-order valence-electron chi connectivity index (χ3n) is 3.89. The van der Waals surface area contributed by atoms with Gasteiger partial charge in [-0.05, 0) is 43.0 Å². The van der Waals surface area contributed by atoms with Crippen molar-refractivity contribution in [1.29, 1.82) is 0 Å². The van der Waals surface area contributed by atoms with Crippen LogP contribution in [-0.2, 0) is 0 Å². The molecule has 2 rings (SSSR count). The fourth-order valence-corrected chi connectivity index (χ4v) is 2.61. The Balaban J connectivity index is 2.12. The topological polar surface area (TPSA) is 32.3 Å². The lowest BCUT2D eigenvalue weighted by molar-refractivity contribution is 0.0787. The second-order valence-corrected chi connectivity index (χ2v) is 5.09. The minimum absolute atomic E-state index is 0.178. The highest BCUT2D eigenvalue weighted by molar-refractivity contribution is 5.95. The van der Waals surface area contributed by atoms with Gasteiger partial charge in [0, 0.05) is 31.4 Å². The van der Waals surface area contributed by atoms with E-state index in [1.54, 1.807) is 0 Å². The number of anilines is 1. The van der Waals surface area contributed by atoms with Crippen LogP contribution in [0.5, 0.6) is 0 Å². The van der Waals surface area contributed by atoms with Gasteiger partial charge in [-0.15, -0.1) is 0 Å². The van der Waals surface area contributed by atoms with Crippen LogP contribution in [0, 0.1) is 12.8 Å². The molecule has 1 saturated heterocycles. The molecule has 3 nitrogen and oxygen atoms in total. The average Bonchev–Trinajstić information content (AvgIpc) is 2.86. The van der Waals surface area contributed by atoms with E-state index >= 15 is 0 Å². The molecule has 1 fully saturated rings. The third-order valence-corrected chi connectivity index (χ3v) is 3.89. The van der Waals surface area contributed by atoms with Gasteiger partial charge >= 0.3 is 0 Å². The van der Waals surface area contributed by atoms with Crippen LogP contribution in [0.25, 0.3) is 0 Å². The molecule has 1 amide bonds. The molecule has 0 bridgehead atoms.